The van der Waals surface area contributed by atoms with Crippen LogP contribution in [0, 0.1) is 19.8 Å². The molecule has 1 amide bonds. The molecule has 0 bridgehead atoms. The van der Waals surface area contributed by atoms with Gasteiger partial charge in [-0.2, -0.15) is 0 Å². The van der Waals surface area contributed by atoms with Gasteiger partial charge in [0.2, 0.25) is 0 Å². The van der Waals surface area contributed by atoms with E-state index in [9.17, 15) is 4.79 Å². The normalized spacial score (nSPS) is 24.3. The van der Waals surface area contributed by atoms with E-state index in [2.05, 4.69) is 12.1 Å². The van der Waals surface area contributed by atoms with Crippen molar-refractivity contribution in [1.29, 1.82) is 0 Å². The number of likely N-dealkylation sites (tertiary alicyclic amines) is 1. The van der Waals surface area contributed by atoms with Gasteiger partial charge in [-0.05, 0) is 26.2 Å². The molecule has 2 N–H and O–H groups in total. The molecule has 100 valence electrons. The standard InChI is InChI=1S/C13H21N3O2/c1-4-10-7-16(6-5-11(10)14)13(17)12-8(2)15-18-9(12)3/h10-11H,4-7,14H2,1-3H3. The predicted octanol–water partition coefficient (Wildman–Crippen LogP) is 1.49. The molecule has 2 rings (SSSR count). The Balaban J connectivity index is 2.15. The number of aromatic nitrogens is 1. The number of aryl methyl sites for hydroxylation is 2. The molecule has 0 radical (unpaired) electrons. The van der Waals surface area contributed by atoms with Crippen LogP contribution in [-0.4, -0.2) is 35.1 Å². The lowest BCUT2D eigenvalue weighted by atomic mass is 9.90. The van der Waals surface area contributed by atoms with Gasteiger partial charge in [-0.15, -0.1) is 0 Å². The van der Waals surface area contributed by atoms with Crippen molar-refractivity contribution in [1.82, 2.24) is 10.1 Å². The fourth-order valence-corrected chi connectivity index (χ4v) is 2.61. The van der Waals surface area contributed by atoms with Gasteiger partial charge in [0.1, 0.15) is 11.3 Å². The molecule has 0 aromatic carbocycles. The van der Waals surface area contributed by atoms with Crippen LogP contribution in [0.1, 0.15) is 41.6 Å². The van der Waals surface area contributed by atoms with Gasteiger partial charge < -0.3 is 15.2 Å². The summed E-state index contributed by atoms with van der Waals surface area (Å²) >= 11 is 0. The summed E-state index contributed by atoms with van der Waals surface area (Å²) in [5.74, 6) is 1.01. The molecule has 1 saturated heterocycles. The molecule has 18 heavy (non-hydrogen) atoms. The predicted molar refractivity (Wildman–Crippen MR) is 68.3 cm³/mol. The molecule has 2 heterocycles. The second-order valence-corrected chi connectivity index (χ2v) is 5.07. The first-order chi connectivity index (χ1) is 8.54. The minimum atomic E-state index is 0.0246. The van der Waals surface area contributed by atoms with E-state index < -0.39 is 0 Å². The Labute approximate surface area is 107 Å². The molecule has 0 spiro atoms. The smallest absolute Gasteiger partial charge is 0.259 e. The van der Waals surface area contributed by atoms with Crippen molar-refractivity contribution in [2.75, 3.05) is 13.1 Å². The van der Waals surface area contributed by atoms with Gasteiger partial charge in [0.05, 0.1) is 5.69 Å². The monoisotopic (exact) mass is 251 g/mol. The summed E-state index contributed by atoms with van der Waals surface area (Å²) in [4.78, 5) is 14.3. The van der Waals surface area contributed by atoms with Crippen LogP contribution in [0.15, 0.2) is 4.52 Å². The van der Waals surface area contributed by atoms with E-state index in [0.29, 0.717) is 22.9 Å². The van der Waals surface area contributed by atoms with Crippen molar-refractivity contribution in [3.63, 3.8) is 0 Å². The Morgan fingerprint density at radius 1 is 1.56 bits per heavy atom. The molecule has 2 atom stereocenters. The number of nitrogens with zero attached hydrogens (tertiary/aromatic N) is 2. The molecular weight excluding hydrogens is 230 g/mol. The second kappa shape index (κ2) is 5.10. The van der Waals surface area contributed by atoms with Crippen LogP contribution >= 0.6 is 0 Å². The molecule has 1 aliphatic heterocycles. The summed E-state index contributed by atoms with van der Waals surface area (Å²) < 4.78 is 5.06. The van der Waals surface area contributed by atoms with Crippen LogP contribution in [0.3, 0.4) is 0 Å². The summed E-state index contributed by atoms with van der Waals surface area (Å²) in [5.41, 5.74) is 7.34. The van der Waals surface area contributed by atoms with Crippen LogP contribution in [0.25, 0.3) is 0 Å². The SMILES string of the molecule is CCC1CN(C(=O)c2c(C)noc2C)CCC1N. The molecule has 1 aromatic rings. The number of amides is 1. The number of hydrogen-bond acceptors (Lipinski definition) is 4. The molecule has 1 aromatic heterocycles. The first-order valence-electron chi connectivity index (χ1n) is 6.52. The minimum Gasteiger partial charge on any atom is -0.361 e. The van der Waals surface area contributed by atoms with E-state index in [1.54, 1.807) is 13.8 Å². The summed E-state index contributed by atoms with van der Waals surface area (Å²) in [6.45, 7) is 7.16. The Kier molecular flexibility index (Phi) is 3.71. The van der Waals surface area contributed by atoms with Gasteiger partial charge in [0.15, 0.2) is 0 Å². The van der Waals surface area contributed by atoms with Crippen LogP contribution in [0.5, 0.6) is 0 Å². The molecule has 2 unspecified atom stereocenters. The van der Waals surface area contributed by atoms with E-state index in [4.69, 9.17) is 10.3 Å². The molecule has 1 aliphatic rings. The zero-order chi connectivity index (χ0) is 13.3. The Hall–Kier alpha value is -1.36. The molecule has 0 saturated carbocycles. The largest absolute Gasteiger partial charge is 0.361 e. The number of nitrogens with two attached hydrogens (primary N) is 1. The van der Waals surface area contributed by atoms with Gasteiger partial charge >= 0.3 is 0 Å². The molecular formula is C13H21N3O2. The highest BCUT2D eigenvalue weighted by molar-refractivity contribution is 5.96. The van der Waals surface area contributed by atoms with Crippen LogP contribution in [0.4, 0.5) is 0 Å². The average Bonchev–Trinajstić information content (AvgIpc) is 2.69. The highest BCUT2D eigenvalue weighted by atomic mass is 16.5. The number of piperidine rings is 1. The van der Waals surface area contributed by atoms with E-state index in [-0.39, 0.29) is 11.9 Å². The molecule has 1 fully saturated rings. The summed E-state index contributed by atoms with van der Waals surface area (Å²) in [6, 6.07) is 0.212. The van der Waals surface area contributed by atoms with E-state index >= 15 is 0 Å². The summed E-state index contributed by atoms with van der Waals surface area (Å²) in [6.07, 6.45) is 1.88. The summed E-state index contributed by atoms with van der Waals surface area (Å²) in [7, 11) is 0. The zero-order valence-corrected chi connectivity index (χ0v) is 11.3. The van der Waals surface area contributed by atoms with Gasteiger partial charge in [-0.3, -0.25) is 4.79 Å². The highest BCUT2D eigenvalue weighted by Crippen LogP contribution is 2.22. The number of rotatable bonds is 2. The Bertz CT molecular complexity index is 422. The first-order valence-corrected chi connectivity index (χ1v) is 6.52. The van der Waals surface area contributed by atoms with E-state index in [0.717, 1.165) is 25.9 Å². The number of hydrogen-bond donors (Lipinski definition) is 1. The maximum Gasteiger partial charge on any atom is 0.259 e. The van der Waals surface area contributed by atoms with Crippen molar-refractivity contribution >= 4 is 5.91 Å². The Morgan fingerprint density at radius 3 is 2.83 bits per heavy atom. The van der Waals surface area contributed by atoms with E-state index in [1.165, 1.54) is 0 Å². The van der Waals surface area contributed by atoms with Crippen LogP contribution in [0.2, 0.25) is 0 Å². The quantitative estimate of drug-likeness (QED) is 0.864. The van der Waals surface area contributed by atoms with Gasteiger partial charge in [-0.25, -0.2) is 0 Å². The molecule has 0 aliphatic carbocycles. The first kappa shape index (κ1) is 13.1. The lowest BCUT2D eigenvalue weighted by molar-refractivity contribution is 0.0647. The zero-order valence-electron chi connectivity index (χ0n) is 11.3. The third-order valence-electron chi connectivity index (χ3n) is 3.85. The number of carbonyl (C=O) groups is 1. The maximum absolute atomic E-state index is 12.5. The van der Waals surface area contributed by atoms with Crippen LogP contribution < -0.4 is 5.73 Å². The summed E-state index contributed by atoms with van der Waals surface area (Å²) in [5, 5.41) is 3.84. The highest BCUT2D eigenvalue weighted by Gasteiger charge is 2.30. The lowest BCUT2D eigenvalue weighted by Gasteiger charge is -2.36. The molecule has 5 heteroatoms. The van der Waals surface area contributed by atoms with Crippen molar-refractivity contribution in [2.45, 2.75) is 39.7 Å². The number of carbonyl (C=O) groups excluding carboxylic acids is 1. The minimum absolute atomic E-state index is 0.0246. The average molecular weight is 251 g/mol. The van der Waals surface area contributed by atoms with Gasteiger partial charge in [-0.1, -0.05) is 18.5 Å². The molecule has 5 nitrogen and oxygen atoms in total. The second-order valence-electron chi connectivity index (χ2n) is 5.07. The fraction of sp³-hybridized carbons (Fsp3) is 0.692. The third kappa shape index (κ3) is 2.27. The van der Waals surface area contributed by atoms with Gasteiger partial charge in [0.25, 0.3) is 5.91 Å². The van der Waals surface area contributed by atoms with Crippen molar-refractivity contribution < 1.29 is 9.32 Å². The topological polar surface area (TPSA) is 72.4 Å². The Morgan fingerprint density at radius 2 is 2.28 bits per heavy atom. The van der Waals surface area contributed by atoms with Crippen LogP contribution in [-0.2, 0) is 0 Å². The van der Waals surface area contributed by atoms with Crippen molar-refractivity contribution in [3.8, 4) is 0 Å². The fourth-order valence-electron chi connectivity index (χ4n) is 2.61. The van der Waals surface area contributed by atoms with Crippen molar-refractivity contribution in [3.05, 3.63) is 17.0 Å². The lowest BCUT2D eigenvalue weighted by Crippen LogP contribution is -2.49. The van der Waals surface area contributed by atoms with Crippen molar-refractivity contribution in [2.24, 2.45) is 11.7 Å². The maximum atomic E-state index is 12.5. The van der Waals surface area contributed by atoms with E-state index in [1.807, 2.05) is 4.90 Å². The third-order valence-corrected chi connectivity index (χ3v) is 3.85. The van der Waals surface area contributed by atoms with Gasteiger partial charge in [0, 0.05) is 19.1 Å².